The number of rotatable bonds is 7. The number of nitrogens with one attached hydrogen (secondary N) is 1. The minimum atomic E-state index is -0.886. The lowest BCUT2D eigenvalue weighted by Gasteiger charge is -2.31. The summed E-state index contributed by atoms with van der Waals surface area (Å²) in [6.07, 6.45) is 1.84. The lowest BCUT2D eigenvalue weighted by Crippen LogP contribution is -2.44. The molecule has 1 aromatic rings. The summed E-state index contributed by atoms with van der Waals surface area (Å²) in [5.41, 5.74) is 0.965. The zero-order valence-corrected chi connectivity index (χ0v) is 12.8. The van der Waals surface area contributed by atoms with E-state index in [1.807, 2.05) is 12.1 Å². The van der Waals surface area contributed by atoms with Gasteiger partial charge >= 0.3 is 5.97 Å². The molecule has 0 spiro atoms. The maximum Gasteiger partial charge on any atom is 0.307 e. The van der Waals surface area contributed by atoms with Crippen LogP contribution < -0.4 is 14.8 Å². The van der Waals surface area contributed by atoms with Gasteiger partial charge in [-0.2, -0.15) is 0 Å². The van der Waals surface area contributed by atoms with Crippen LogP contribution in [0.5, 0.6) is 11.5 Å². The SMILES string of the molecule is COc1ccc(CCNC(=O)C2CCC2C(=O)O)c(OC)c1. The van der Waals surface area contributed by atoms with E-state index in [-0.39, 0.29) is 5.91 Å². The molecule has 0 saturated heterocycles. The Hall–Kier alpha value is -2.24. The third-order valence-corrected chi connectivity index (χ3v) is 4.12. The highest BCUT2D eigenvalue weighted by molar-refractivity contribution is 5.86. The van der Waals surface area contributed by atoms with Gasteiger partial charge in [0.25, 0.3) is 0 Å². The van der Waals surface area contributed by atoms with E-state index >= 15 is 0 Å². The number of methoxy groups -OCH3 is 2. The van der Waals surface area contributed by atoms with E-state index in [0.717, 1.165) is 5.56 Å². The van der Waals surface area contributed by atoms with Crippen molar-refractivity contribution in [3.63, 3.8) is 0 Å². The average molecular weight is 307 g/mol. The molecule has 0 heterocycles. The largest absolute Gasteiger partial charge is 0.497 e. The van der Waals surface area contributed by atoms with Crippen molar-refractivity contribution in [3.8, 4) is 11.5 Å². The van der Waals surface area contributed by atoms with Gasteiger partial charge in [-0.3, -0.25) is 9.59 Å². The molecule has 2 unspecified atom stereocenters. The number of amides is 1. The number of hydrogen-bond acceptors (Lipinski definition) is 4. The molecular weight excluding hydrogens is 286 g/mol. The Morgan fingerprint density at radius 1 is 1.23 bits per heavy atom. The third kappa shape index (κ3) is 3.50. The Balaban J connectivity index is 1.86. The molecule has 6 nitrogen and oxygen atoms in total. The van der Waals surface area contributed by atoms with E-state index < -0.39 is 17.8 Å². The van der Waals surface area contributed by atoms with Gasteiger partial charge in [0, 0.05) is 12.6 Å². The molecular formula is C16H21NO5. The minimum Gasteiger partial charge on any atom is -0.497 e. The average Bonchev–Trinajstić information content (AvgIpc) is 2.45. The second-order valence-electron chi connectivity index (χ2n) is 5.35. The molecule has 1 aliphatic carbocycles. The Morgan fingerprint density at radius 3 is 2.50 bits per heavy atom. The maximum absolute atomic E-state index is 12.0. The van der Waals surface area contributed by atoms with Gasteiger partial charge in [-0.15, -0.1) is 0 Å². The van der Waals surface area contributed by atoms with Crippen LogP contribution in [-0.4, -0.2) is 37.7 Å². The second-order valence-corrected chi connectivity index (χ2v) is 5.35. The topological polar surface area (TPSA) is 84.9 Å². The van der Waals surface area contributed by atoms with E-state index in [4.69, 9.17) is 14.6 Å². The van der Waals surface area contributed by atoms with E-state index in [0.29, 0.717) is 37.3 Å². The fraction of sp³-hybridized carbons (Fsp3) is 0.500. The fourth-order valence-corrected chi connectivity index (χ4v) is 2.62. The lowest BCUT2D eigenvalue weighted by molar-refractivity contribution is -0.152. The van der Waals surface area contributed by atoms with E-state index in [9.17, 15) is 9.59 Å². The smallest absolute Gasteiger partial charge is 0.307 e. The molecule has 22 heavy (non-hydrogen) atoms. The number of hydrogen-bond donors (Lipinski definition) is 2. The van der Waals surface area contributed by atoms with Gasteiger partial charge in [0.2, 0.25) is 5.91 Å². The van der Waals surface area contributed by atoms with Crippen molar-refractivity contribution in [1.82, 2.24) is 5.32 Å². The molecule has 0 aliphatic heterocycles. The quantitative estimate of drug-likeness (QED) is 0.797. The molecule has 1 amide bonds. The predicted molar refractivity (Wildman–Crippen MR) is 80.1 cm³/mol. The van der Waals surface area contributed by atoms with Crippen molar-refractivity contribution in [3.05, 3.63) is 23.8 Å². The number of carbonyl (C=O) groups excluding carboxylic acids is 1. The number of carboxylic acids is 1. The van der Waals surface area contributed by atoms with Crippen LogP contribution >= 0.6 is 0 Å². The molecule has 1 fully saturated rings. The van der Waals surface area contributed by atoms with Crippen LogP contribution in [-0.2, 0) is 16.0 Å². The summed E-state index contributed by atoms with van der Waals surface area (Å²) in [6, 6.07) is 5.53. The number of benzene rings is 1. The van der Waals surface area contributed by atoms with Gasteiger partial charge in [-0.05, 0) is 30.9 Å². The Kier molecular flexibility index (Phi) is 5.25. The van der Waals surface area contributed by atoms with E-state index in [2.05, 4.69) is 5.32 Å². The van der Waals surface area contributed by atoms with Crippen molar-refractivity contribution in [2.75, 3.05) is 20.8 Å². The van der Waals surface area contributed by atoms with Crippen LogP contribution in [0.1, 0.15) is 18.4 Å². The molecule has 0 bridgehead atoms. The predicted octanol–water partition coefficient (Wildman–Crippen LogP) is 1.47. The molecule has 1 aromatic carbocycles. The van der Waals surface area contributed by atoms with Crippen LogP contribution in [0.3, 0.4) is 0 Å². The minimum absolute atomic E-state index is 0.175. The molecule has 1 aliphatic rings. The van der Waals surface area contributed by atoms with Gasteiger partial charge in [-0.1, -0.05) is 6.07 Å². The number of aliphatic carboxylic acids is 1. The fourth-order valence-electron chi connectivity index (χ4n) is 2.62. The second kappa shape index (κ2) is 7.15. The zero-order chi connectivity index (χ0) is 16.1. The van der Waals surface area contributed by atoms with Crippen molar-refractivity contribution in [2.45, 2.75) is 19.3 Å². The summed E-state index contributed by atoms with van der Waals surface area (Å²) in [7, 11) is 3.18. The number of carbonyl (C=O) groups is 2. The van der Waals surface area contributed by atoms with Gasteiger partial charge in [-0.25, -0.2) is 0 Å². The van der Waals surface area contributed by atoms with E-state index in [1.54, 1.807) is 20.3 Å². The molecule has 6 heteroatoms. The monoisotopic (exact) mass is 307 g/mol. The van der Waals surface area contributed by atoms with Gasteiger partial charge in [0.15, 0.2) is 0 Å². The van der Waals surface area contributed by atoms with Gasteiger partial charge in [0.1, 0.15) is 11.5 Å². The summed E-state index contributed by atoms with van der Waals surface area (Å²) in [5.74, 6) is -0.566. The Bertz CT molecular complexity index is 557. The lowest BCUT2D eigenvalue weighted by atomic mass is 9.73. The first-order valence-corrected chi connectivity index (χ1v) is 7.28. The zero-order valence-electron chi connectivity index (χ0n) is 12.8. The van der Waals surface area contributed by atoms with Crippen molar-refractivity contribution < 1.29 is 24.2 Å². The summed E-state index contributed by atoms with van der Waals surface area (Å²) in [6.45, 7) is 0.449. The normalized spacial score (nSPS) is 19.9. The Morgan fingerprint density at radius 2 is 1.95 bits per heavy atom. The molecule has 2 atom stereocenters. The van der Waals surface area contributed by atoms with Crippen molar-refractivity contribution in [2.24, 2.45) is 11.8 Å². The van der Waals surface area contributed by atoms with Crippen molar-refractivity contribution in [1.29, 1.82) is 0 Å². The highest BCUT2D eigenvalue weighted by atomic mass is 16.5. The molecule has 2 N–H and O–H groups in total. The van der Waals surface area contributed by atoms with Crippen LogP contribution in [0.25, 0.3) is 0 Å². The van der Waals surface area contributed by atoms with Gasteiger partial charge < -0.3 is 19.9 Å². The van der Waals surface area contributed by atoms with Crippen LogP contribution in [0.15, 0.2) is 18.2 Å². The Labute approximate surface area is 129 Å². The number of ether oxygens (including phenoxy) is 2. The van der Waals surface area contributed by atoms with E-state index in [1.165, 1.54) is 0 Å². The highest BCUT2D eigenvalue weighted by Gasteiger charge is 2.41. The molecule has 1 saturated carbocycles. The van der Waals surface area contributed by atoms with Gasteiger partial charge in [0.05, 0.1) is 26.1 Å². The molecule has 0 radical (unpaired) electrons. The summed E-state index contributed by atoms with van der Waals surface area (Å²) in [4.78, 5) is 22.9. The first kappa shape index (κ1) is 16.1. The summed E-state index contributed by atoms with van der Waals surface area (Å²) in [5, 5.41) is 11.8. The standard InChI is InChI=1S/C16H21NO5/c1-21-11-4-3-10(14(9-11)22-2)7-8-17-15(18)12-5-6-13(12)16(19)20/h3-4,9,12-13H,5-8H2,1-2H3,(H,17,18)(H,19,20). The molecule has 0 aromatic heterocycles. The summed E-state index contributed by atoms with van der Waals surface area (Å²) >= 11 is 0. The maximum atomic E-state index is 12.0. The van der Waals surface area contributed by atoms with Crippen LogP contribution in [0.2, 0.25) is 0 Å². The van der Waals surface area contributed by atoms with Crippen molar-refractivity contribution >= 4 is 11.9 Å². The first-order chi connectivity index (χ1) is 10.6. The summed E-state index contributed by atoms with van der Waals surface area (Å²) < 4.78 is 10.4. The first-order valence-electron chi connectivity index (χ1n) is 7.28. The molecule has 2 rings (SSSR count). The third-order valence-electron chi connectivity index (χ3n) is 4.12. The molecule has 120 valence electrons. The highest BCUT2D eigenvalue weighted by Crippen LogP contribution is 2.34. The van der Waals surface area contributed by atoms with Crippen LogP contribution in [0, 0.1) is 11.8 Å². The van der Waals surface area contributed by atoms with Crippen LogP contribution in [0.4, 0.5) is 0 Å². The number of carboxylic acid groups (broad SMARTS) is 1.